The second-order valence-corrected chi connectivity index (χ2v) is 6.80. The molecule has 0 N–H and O–H groups in total. The van der Waals surface area contributed by atoms with Gasteiger partial charge in [-0.3, -0.25) is 0 Å². The monoisotopic (exact) mass is 328 g/mol. The molecule has 126 valence electrons. The summed E-state index contributed by atoms with van der Waals surface area (Å²) < 4.78 is 18.6. The molecule has 0 bridgehead atoms. The third-order valence-electron chi connectivity index (χ3n) is 4.68. The van der Waals surface area contributed by atoms with Gasteiger partial charge in [0, 0.05) is 6.20 Å². The lowest BCUT2D eigenvalue weighted by atomic mass is 9.86. The molecule has 6 nitrogen and oxygen atoms in total. The van der Waals surface area contributed by atoms with Crippen LogP contribution in [0, 0.1) is 0 Å². The van der Waals surface area contributed by atoms with Gasteiger partial charge in [0.15, 0.2) is 0 Å². The van der Waals surface area contributed by atoms with Gasteiger partial charge in [-0.25, -0.2) is 9.78 Å². The van der Waals surface area contributed by atoms with E-state index in [0.29, 0.717) is 16.8 Å². The number of benzene rings is 1. The highest BCUT2D eigenvalue weighted by Gasteiger charge is 2.52. The third-order valence-corrected chi connectivity index (χ3v) is 4.68. The van der Waals surface area contributed by atoms with Gasteiger partial charge in [0.25, 0.3) is 0 Å². The average molecular weight is 328 g/mol. The standard InChI is InChI=1S/C17H21BN2O4/c1-16(2)17(3,4)24-18(23-16)14-10-20(11-19-14)13-9-7-6-8-12(13)15(21)22-5/h6-11H,1-5H3. The van der Waals surface area contributed by atoms with E-state index in [9.17, 15) is 4.79 Å². The Balaban J connectivity index is 1.92. The fourth-order valence-electron chi connectivity index (χ4n) is 2.54. The number of hydrogen-bond acceptors (Lipinski definition) is 5. The van der Waals surface area contributed by atoms with Crippen molar-refractivity contribution < 1.29 is 18.8 Å². The third kappa shape index (κ3) is 2.74. The predicted molar refractivity (Wildman–Crippen MR) is 90.6 cm³/mol. The molecule has 1 aromatic carbocycles. The van der Waals surface area contributed by atoms with Crippen LogP contribution in [0.5, 0.6) is 0 Å². The van der Waals surface area contributed by atoms with Crippen molar-refractivity contribution in [3.05, 3.63) is 42.4 Å². The number of rotatable bonds is 3. The lowest BCUT2D eigenvalue weighted by Crippen LogP contribution is -2.41. The molecule has 1 fully saturated rings. The molecule has 0 spiro atoms. The maximum absolute atomic E-state index is 11.9. The number of aromatic nitrogens is 2. The summed E-state index contributed by atoms with van der Waals surface area (Å²) in [5.74, 6) is -0.392. The van der Waals surface area contributed by atoms with Gasteiger partial charge in [-0.15, -0.1) is 0 Å². The van der Waals surface area contributed by atoms with Crippen LogP contribution in [0.4, 0.5) is 0 Å². The molecule has 7 heteroatoms. The number of carbonyl (C=O) groups is 1. The number of ether oxygens (including phenoxy) is 1. The summed E-state index contributed by atoms with van der Waals surface area (Å²) in [5.41, 5.74) is 0.974. The van der Waals surface area contributed by atoms with E-state index < -0.39 is 24.3 Å². The van der Waals surface area contributed by atoms with Crippen LogP contribution in [-0.4, -0.2) is 41.0 Å². The molecule has 1 aliphatic rings. The summed E-state index contributed by atoms with van der Waals surface area (Å²) in [4.78, 5) is 16.3. The lowest BCUT2D eigenvalue weighted by molar-refractivity contribution is 0.00578. The van der Waals surface area contributed by atoms with E-state index in [0.717, 1.165) is 0 Å². The lowest BCUT2D eigenvalue weighted by Gasteiger charge is -2.32. The minimum absolute atomic E-state index is 0.392. The number of para-hydroxylation sites is 1. The minimum atomic E-state index is -0.540. The first-order chi connectivity index (χ1) is 11.2. The maximum Gasteiger partial charge on any atom is 0.516 e. The first-order valence-electron chi connectivity index (χ1n) is 7.82. The van der Waals surface area contributed by atoms with Crippen LogP contribution in [0.2, 0.25) is 0 Å². The van der Waals surface area contributed by atoms with E-state index in [1.165, 1.54) is 7.11 Å². The van der Waals surface area contributed by atoms with Crippen molar-refractivity contribution in [3.8, 4) is 5.69 Å². The van der Waals surface area contributed by atoms with Gasteiger partial charge in [0.1, 0.15) is 0 Å². The molecule has 24 heavy (non-hydrogen) atoms. The second kappa shape index (κ2) is 5.75. The first kappa shape index (κ1) is 16.7. The van der Waals surface area contributed by atoms with Crippen molar-refractivity contribution in [3.63, 3.8) is 0 Å². The van der Waals surface area contributed by atoms with Crippen molar-refractivity contribution in [2.45, 2.75) is 38.9 Å². The van der Waals surface area contributed by atoms with Gasteiger partial charge in [0.2, 0.25) is 0 Å². The first-order valence-corrected chi connectivity index (χ1v) is 7.82. The van der Waals surface area contributed by atoms with Crippen LogP contribution < -0.4 is 5.59 Å². The van der Waals surface area contributed by atoms with Crippen molar-refractivity contribution in [2.24, 2.45) is 0 Å². The number of esters is 1. The van der Waals surface area contributed by atoms with Crippen molar-refractivity contribution >= 4 is 18.7 Å². The zero-order valence-corrected chi connectivity index (χ0v) is 14.6. The van der Waals surface area contributed by atoms with E-state index in [-0.39, 0.29) is 0 Å². The Bertz CT molecular complexity index is 753. The predicted octanol–water partition coefficient (Wildman–Crippen LogP) is 1.96. The number of methoxy groups -OCH3 is 1. The summed E-state index contributed by atoms with van der Waals surface area (Å²) in [5, 5.41) is 0. The van der Waals surface area contributed by atoms with Crippen LogP contribution in [0.15, 0.2) is 36.8 Å². The molecular weight excluding hydrogens is 307 g/mol. The van der Waals surface area contributed by atoms with Gasteiger partial charge >= 0.3 is 13.1 Å². The van der Waals surface area contributed by atoms with E-state index in [1.54, 1.807) is 23.0 Å². The van der Waals surface area contributed by atoms with E-state index in [1.807, 2.05) is 46.0 Å². The molecule has 0 saturated carbocycles. The zero-order valence-electron chi connectivity index (χ0n) is 14.6. The topological polar surface area (TPSA) is 62.6 Å². The highest BCUT2D eigenvalue weighted by molar-refractivity contribution is 6.61. The van der Waals surface area contributed by atoms with E-state index in [4.69, 9.17) is 14.0 Å². The largest absolute Gasteiger partial charge is 0.516 e. The average Bonchev–Trinajstić information content (AvgIpc) is 3.10. The van der Waals surface area contributed by atoms with Gasteiger partial charge in [-0.1, -0.05) is 12.1 Å². The highest BCUT2D eigenvalue weighted by Crippen LogP contribution is 2.36. The summed E-state index contributed by atoms with van der Waals surface area (Å²) in [6, 6.07) is 7.20. The minimum Gasteiger partial charge on any atom is -0.465 e. The van der Waals surface area contributed by atoms with Gasteiger partial charge in [0.05, 0.1) is 41.5 Å². The fraction of sp³-hybridized carbons (Fsp3) is 0.412. The van der Waals surface area contributed by atoms with E-state index in [2.05, 4.69) is 4.98 Å². The number of hydrogen-bond donors (Lipinski definition) is 0. The molecule has 0 unspecified atom stereocenters. The number of carbonyl (C=O) groups excluding carboxylic acids is 1. The summed E-state index contributed by atoms with van der Waals surface area (Å²) >= 11 is 0. The molecule has 0 aliphatic carbocycles. The van der Waals surface area contributed by atoms with Crippen LogP contribution in [-0.2, 0) is 14.0 Å². The molecule has 2 heterocycles. The van der Waals surface area contributed by atoms with E-state index >= 15 is 0 Å². The molecular formula is C17H21BN2O4. The SMILES string of the molecule is COC(=O)c1ccccc1-n1cnc(B2OC(C)(C)C(C)(C)O2)c1. The van der Waals surface area contributed by atoms with Gasteiger partial charge < -0.3 is 18.6 Å². The molecule has 1 aliphatic heterocycles. The molecule has 0 radical (unpaired) electrons. The zero-order chi connectivity index (χ0) is 17.5. The quantitative estimate of drug-likeness (QED) is 0.637. The Hall–Kier alpha value is -2.12. The van der Waals surface area contributed by atoms with Gasteiger partial charge in [-0.2, -0.15) is 0 Å². The Morgan fingerprint density at radius 1 is 1.17 bits per heavy atom. The highest BCUT2D eigenvalue weighted by atomic mass is 16.7. The Kier molecular flexibility index (Phi) is 4.01. The fourth-order valence-corrected chi connectivity index (χ4v) is 2.54. The second-order valence-electron chi connectivity index (χ2n) is 6.80. The smallest absolute Gasteiger partial charge is 0.465 e. The summed E-state index contributed by atoms with van der Waals surface area (Å²) in [6.07, 6.45) is 3.45. The molecule has 0 atom stereocenters. The molecule has 1 aromatic heterocycles. The molecule has 2 aromatic rings. The van der Waals surface area contributed by atoms with Crippen LogP contribution in [0.3, 0.4) is 0 Å². The maximum atomic E-state index is 11.9. The van der Waals surface area contributed by atoms with Crippen LogP contribution >= 0.6 is 0 Å². The molecule has 1 saturated heterocycles. The Morgan fingerprint density at radius 2 is 1.79 bits per heavy atom. The van der Waals surface area contributed by atoms with Crippen LogP contribution in [0.1, 0.15) is 38.1 Å². The van der Waals surface area contributed by atoms with Crippen molar-refractivity contribution in [1.29, 1.82) is 0 Å². The van der Waals surface area contributed by atoms with Crippen LogP contribution in [0.25, 0.3) is 5.69 Å². The number of nitrogens with zero attached hydrogens (tertiary/aromatic N) is 2. The summed E-state index contributed by atoms with van der Waals surface area (Å²) in [7, 11) is 0.824. The normalized spacial score (nSPS) is 18.6. The van der Waals surface area contributed by atoms with Crippen molar-refractivity contribution in [2.75, 3.05) is 7.11 Å². The Morgan fingerprint density at radius 3 is 2.42 bits per heavy atom. The van der Waals surface area contributed by atoms with Gasteiger partial charge in [-0.05, 0) is 39.8 Å². The number of imidazole rings is 1. The Labute approximate surface area is 141 Å². The summed E-state index contributed by atoms with van der Waals surface area (Å²) in [6.45, 7) is 7.99. The molecule has 3 rings (SSSR count). The molecule has 0 amide bonds. The van der Waals surface area contributed by atoms with Crippen molar-refractivity contribution in [1.82, 2.24) is 9.55 Å².